The van der Waals surface area contributed by atoms with Crippen LogP contribution in [0.4, 0.5) is 0 Å². The molecule has 0 aromatic heterocycles. The van der Waals surface area contributed by atoms with Crippen LogP contribution >= 0.6 is 0 Å². The van der Waals surface area contributed by atoms with Gasteiger partial charge in [0.2, 0.25) is 11.8 Å². The zero-order chi connectivity index (χ0) is 11.3. The second-order valence-corrected chi connectivity index (χ2v) is 3.30. The highest BCUT2D eigenvalue weighted by Crippen LogP contribution is 2.16. The van der Waals surface area contributed by atoms with Crippen LogP contribution in [0.15, 0.2) is 24.3 Å². The Morgan fingerprint density at radius 1 is 1.21 bits per heavy atom. The van der Waals surface area contributed by atoms with E-state index >= 15 is 0 Å². The molecular formula is C10H16N2O2. The van der Waals surface area contributed by atoms with E-state index in [1.807, 2.05) is 6.92 Å². The molecule has 4 heteroatoms. The maximum atomic E-state index is 10.7. The SMILES string of the molecule is C=C(CCC(C)C(=C)C(N)=O)C(N)=O. The Morgan fingerprint density at radius 3 is 2.07 bits per heavy atom. The number of nitrogens with two attached hydrogens (primary N) is 2. The molecule has 0 saturated carbocycles. The molecule has 2 amide bonds. The van der Waals surface area contributed by atoms with Crippen LogP contribution in [0.1, 0.15) is 19.8 Å². The van der Waals surface area contributed by atoms with E-state index in [1.165, 1.54) is 0 Å². The molecule has 0 radical (unpaired) electrons. The first kappa shape index (κ1) is 12.4. The molecule has 14 heavy (non-hydrogen) atoms. The molecule has 0 aliphatic heterocycles. The van der Waals surface area contributed by atoms with Gasteiger partial charge >= 0.3 is 0 Å². The lowest BCUT2D eigenvalue weighted by molar-refractivity contribution is -0.115. The molecule has 0 fully saturated rings. The summed E-state index contributed by atoms with van der Waals surface area (Å²) in [7, 11) is 0. The average Bonchev–Trinajstić information content (AvgIpc) is 2.11. The maximum Gasteiger partial charge on any atom is 0.244 e. The third kappa shape index (κ3) is 3.89. The molecule has 0 bridgehead atoms. The van der Waals surface area contributed by atoms with E-state index < -0.39 is 11.8 Å². The van der Waals surface area contributed by atoms with E-state index in [-0.39, 0.29) is 5.92 Å². The quantitative estimate of drug-likeness (QED) is 0.605. The highest BCUT2D eigenvalue weighted by atomic mass is 16.1. The fourth-order valence-electron chi connectivity index (χ4n) is 0.931. The minimum atomic E-state index is -0.512. The molecule has 0 aliphatic carbocycles. The highest BCUT2D eigenvalue weighted by molar-refractivity contribution is 5.92. The second kappa shape index (κ2) is 5.21. The Balaban J connectivity index is 4.03. The van der Waals surface area contributed by atoms with Crippen molar-refractivity contribution < 1.29 is 9.59 Å². The molecule has 1 unspecified atom stereocenters. The maximum absolute atomic E-state index is 10.7. The molecule has 0 saturated heterocycles. The summed E-state index contributed by atoms with van der Waals surface area (Å²) in [6.07, 6.45) is 1.06. The standard InChI is InChI=1S/C10H16N2O2/c1-6(8(3)10(12)14)4-5-7(2)9(11)13/h6H,2-5H2,1H3,(H2,11,13)(H2,12,14). The third-order valence-electron chi connectivity index (χ3n) is 2.14. The van der Waals surface area contributed by atoms with Crippen LogP contribution in [0.3, 0.4) is 0 Å². The predicted molar refractivity (Wildman–Crippen MR) is 55.1 cm³/mol. The van der Waals surface area contributed by atoms with Crippen molar-refractivity contribution >= 4 is 11.8 Å². The summed E-state index contributed by atoms with van der Waals surface area (Å²) in [5.74, 6) is -1.08. The number of hydrogen-bond acceptors (Lipinski definition) is 2. The molecule has 4 nitrogen and oxygen atoms in total. The highest BCUT2D eigenvalue weighted by Gasteiger charge is 2.12. The van der Waals surface area contributed by atoms with Gasteiger partial charge in [-0.15, -0.1) is 0 Å². The molecule has 0 heterocycles. The third-order valence-corrected chi connectivity index (χ3v) is 2.14. The molecular weight excluding hydrogens is 180 g/mol. The Labute approximate surface area is 83.6 Å². The van der Waals surface area contributed by atoms with Crippen LogP contribution in [0, 0.1) is 5.92 Å². The first-order valence-electron chi connectivity index (χ1n) is 4.32. The minimum Gasteiger partial charge on any atom is -0.366 e. The van der Waals surface area contributed by atoms with E-state index in [1.54, 1.807) is 0 Å². The van der Waals surface area contributed by atoms with Gasteiger partial charge in [-0.05, 0) is 18.8 Å². The lowest BCUT2D eigenvalue weighted by atomic mass is 9.95. The molecule has 0 aromatic carbocycles. The molecule has 0 spiro atoms. The topological polar surface area (TPSA) is 86.2 Å². The van der Waals surface area contributed by atoms with Gasteiger partial charge in [-0.1, -0.05) is 20.1 Å². The summed E-state index contributed by atoms with van der Waals surface area (Å²) < 4.78 is 0. The van der Waals surface area contributed by atoms with Crippen molar-refractivity contribution in [2.45, 2.75) is 19.8 Å². The smallest absolute Gasteiger partial charge is 0.244 e. The summed E-state index contributed by atoms with van der Waals surface area (Å²) in [6.45, 7) is 8.89. The fraction of sp³-hybridized carbons (Fsp3) is 0.400. The zero-order valence-electron chi connectivity index (χ0n) is 8.38. The summed E-state index contributed by atoms with van der Waals surface area (Å²) in [5, 5.41) is 0. The van der Waals surface area contributed by atoms with Gasteiger partial charge < -0.3 is 11.5 Å². The first-order valence-corrected chi connectivity index (χ1v) is 4.32. The van der Waals surface area contributed by atoms with E-state index in [9.17, 15) is 9.59 Å². The van der Waals surface area contributed by atoms with Gasteiger partial charge in [0.1, 0.15) is 0 Å². The molecule has 0 rings (SSSR count). The van der Waals surface area contributed by atoms with Gasteiger partial charge in [-0.2, -0.15) is 0 Å². The molecule has 0 aromatic rings. The van der Waals surface area contributed by atoms with Crippen molar-refractivity contribution in [3.63, 3.8) is 0 Å². The Hall–Kier alpha value is -1.58. The Morgan fingerprint density at radius 2 is 1.71 bits per heavy atom. The number of carbonyl (C=O) groups excluding carboxylic acids is 2. The van der Waals surface area contributed by atoms with Gasteiger partial charge in [0, 0.05) is 11.1 Å². The van der Waals surface area contributed by atoms with E-state index in [0.29, 0.717) is 24.0 Å². The number of hydrogen-bond donors (Lipinski definition) is 2. The van der Waals surface area contributed by atoms with Gasteiger partial charge in [-0.3, -0.25) is 9.59 Å². The average molecular weight is 196 g/mol. The van der Waals surface area contributed by atoms with Crippen LogP contribution in [0.25, 0.3) is 0 Å². The summed E-state index contributed by atoms with van der Waals surface area (Å²) in [4.78, 5) is 21.4. The van der Waals surface area contributed by atoms with Crippen LogP contribution in [0.2, 0.25) is 0 Å². The monoisotopic (exact) mass is 196 g/mol. The number of primary amides is 2. The van der Waals surface area contributed by atoms with Crippen LogP contribution < -0.4 is 11.5 Å². The van der Waals surface area contributed by atoms with Crippen LogP contribution in [-0.4, -0.2) is 11.8 Å². The van der Waals surface area contributed by atoms with Crippen molar-refractivity contribution in [3.05, 3.63) is 24.3 Å². The number of amides is 2. The van der Waals surface area contributed by atoms with Gasteiger partial charge in [-0.25, -0.2) is 0 Å². The van der Waals surface area contributed by atoms with Crippen molar-refractivity contribution in [1.29, 1.82) is 0 Å². The van der Waals surface area contributed by atoms with E-state index in [2.05, 4.69) is 13.2 Å². The summed E-state index contributed by atoms with van der Waals surface area (Å²) >= 11 is 0. The Kier molecular flexibility index (Phi) is 4.63. The van der Waals surface area contributed by atoms with Gasteiger partial charge in [0.25, 0.3) is 0 Å². The van der Waals surface area contributed by atoms with Crippen LogP contribution in [0.5, 0.6) is 0 Å². The molecule has 78 valence electrons. The van der Waals surface area contributed by atoms with Crippen molar-refractivity contribution in [3.8, 4) is 0 Å². The van der Waals surface area contributed by atoms with Crippen LogP contribution in [-0.2, 0) is 9.59 Å². The van der Waals surface area contributed by atoms with Crippen molar-refractivity contribution in [2.24, 2.45) is 17.4 Å². The zero-order valence-corrected chi connectivity index (χ0v) is 8.38. The van der Waals surface area contributed by atoms with E-state index in [0.717, 1.165) is 0 Å². The van der Waals surface area contributed by atoms with Gasteiger partial charge in [0.05, 0.1) is 0 Å². The fourth-order valence-corrected chi connectivity index (χ4v) is 0.931. The lowest BCUT2D eigenvalue weighted by Crippen LogP contribution is -2.19. The molecule has 0 aliphatic rings. The lowest BCUT2D eigenvalue weighted by Gasteiger charge is -2.11. The van der Waals surface area contributed by atoms with Crippen molar-refractivity contribution in [2.75, 3.05) is 0 Å². The normalized spacial score (nSPS) is 11.8. The minimum absolute atomic E-state index is 0.0522. The van der Waals surface area contributed by atoms with Gasteiger partial charge in [0.15, 0.2) is 0 Å². The Bertz CT molecular complexity index is 282. The number of carbonyl (C=O) groups is 2. The van der Waals surface area contributed by atoms with E-state index in [4.69, 9.17) is 11.5 Å². The van der Waals surface area contributed by atoms with Crippen molar-refractivity contribution in [1.82, 2.24) is 0 Å². The second-order valence-electron chi connectivity index (χ2n) is 3.30. The number of rotatable bonds is 6. The molecule has 1 atom stereocenters. The summed E-state index contributed by atoms with van der Waals surface area (Å²) in [6, 6.07) is 0. The predicted octanol–water partition coefficient (Wildman–Crippen LogP) is 0.486. The summed E-state index contributed by atoms with van der Waals surface area (Å²) in [5.41, 5.74) is 10.8. The first-order chi connectivity index (χ1) is 6.36. The largest absolute Gasteiger partial charge is 0.366 e. The molecule has 4 N–H and O–H groups in total.